The van der Waals surface area contributed by atoms with Crippen molar-refractivity contribution in [3.63, 3.8) is 0 Å². The van der Waals surface area contributed by atoms with Crippen LogP contribution in [0, 0.1) is 17.2 Å². The average molecular weight is 405 g/mol. The van der Waals surface area contributed by atoms with Crippen LogP contribution in [0.3, 0.4) is 0 Å². The lowest BCUT2D eigenvalue weighted by molar-refractivity contribution is 0.0866. The molecule has 1 aromatic carbocycles. The van der Waals surface area contributed by atoms with Crippen LogP contribution in [0.1, 0.15) is 29.8 Å². The molecule has 0 fully saturated rings. The molecule has 0 radical (unpaired) electrons. The lowest BCUT2D eigenvalue weighted by Crippen LogP contribution is -2.41. The quantitative estimate of drug-likeness (QED) is 0.625. The number of nitrogens with zero attached hydrogens (tertiary/aromatic N) is 4. The molecule has 0 bridgehead atoms. The molecule has 8 nitrogen and oxygen atoms in total. The van der Waals surface area contributed by atoms with Crippen LogP contribution in [0.2, 0.25) is 0 Å². The Labute approximate surface area is 174 Å². The Hall–Kier alpha value is -3.70. The zero-order valence-electron chi connectivity index (χ0n) is 17.0. The highest BCUT2D eigenvalue weighted by Gasteiger charge is 2.18. The van der Waals surface area contributed by atoms with Gasteiger partial charge in [0.25, 0.3) is 5.91 Å². The maximum absolute atomic E-state index is 12.5. The molecule has 0 aliphatic rings. The molecule has 2 aromatic heterocycles. The number of aromatic hydroxyl groups is 1. The predicted octanol–water partition coefficient (Wildman–Crippen LogP) is 2.91. The van der Waals surface area contributed by atoms with E-state index >= 15 is 0 Å². The summed E-state index contributed by atoms with van der Waals surface area (Å²) in [6.45, 7) is 4.45. The number of aromatic nitrogens is 3. The lowest BCUT2D eigenvalue weighted by Gasteiger charge is -2.21. The van der Waals surface area contributed by atoms with Crippen molar-refractivity contribution in [1.29, 1.82) is 5.26 Å². The maximum atomic E-state index is 12.5. The summed E-state index contributed by atoms with van der Waals surface area (Å²) in [6.07, 6.45) is 2.97. The number of hydrogen-bond donors (Lipinski definition) is 2. The Morgan fingerprint density at radius 1 is 1.23 bits per heavy atom. The Morgan fingerprint density at radius 2 is 1.97 bits per heavy atom. The van der Waals surface area contributed by atoms with E-state index in [-0.39, 0.29) is 23.7 Å². The van der Waals surface area contributed by atoms with E-state index in [4.69, 9.17) is 10.00 Å². The molecule has 0 saturated carbocycles. The van der Waals surface area contributed by atoms with E-state index in [2.05, 4.69) is 21.5 Å². The minimum atomic E-state index is -0.243. The predicted molar refractivity (Wildman–Crippen MR) is 111 cm³/mol. The van der Waals surface area contributed by atoms with E-state index < -0.39 is 0 Å². The standard InChI is InChI=1S/C22H23N5O3/c1-14(2)19(13-30-3)26-21(28)17-8-9-20(24-11-17)27-22(29)18(12-25-27)16-6-4-15(10-23)5-7-16/h4-9,11-12,14,19,29H,13H2,1-3H3,(H,26,28). The van der Waals surface area contributed by atoms with Gasteiger partial charge in [0.2, 0.25) is 5.88 Å². The molecule has 2 heterocycles. The lowest BCUT2D eigenvalue weighted by atomic mass is 10.0. The number of nitriles is 1. The third-order valence-corrected chi connectivity index (χ3v) is 4.76. The van der Waals surface area contributed by atoms with Gasteiger partial charge < -0.3 is 15.2 Å². The van der Waals surface area contributed by atoms with Crippen LogP contribution in [0.4, 0.5) is 0 Å². The van der Waals surface area contributed by atoms with E-state index in [1.807, 2.05) is 13.8 Å². The summed E-state index contributed by atoms with van der Waals surface area (Å²) >= 11 is 0. The minimum Gasteiger partial charge on any atom is -0.493 e. The fraction of sp³-hybridized carbons (Fsp3) is 0.273. The van der Waals surface area contributed by atoms with Gasteiger partial charge in [0.1, 0.15) is 0 Å². The summed E-state index contributed by atoms with van der Waals surface area (Å²) in [6, 6.07) is 12.0. The average Bonchev–Trinajstić information content (AvgIpc) is 3.14. The van der Waals surface area contributed by atoms with Crippen LogP contribution in [0.5, 0.6) is 5.88 Å². The second-order valence-corrected chi connectivity index (χ2v) is 7.17. The Balaban J connectivity index is 1.79. The van der Waals surface area contributed by atoms with Crippen LogP contribution in [0.25, 0.3) is 16.9 Å². The highest BCUT2D eigenvalue weighted by atomic mass is 16.5. The normalized spacial score (nSPS) is 11.8. The van der Waals surface area contributed by atoms with Crippen LogP contribution in [-0.4, -0.2) is 45.5 Å². The van der Waals surface area contributed by atoms with Gasteiger partial charge in [0.05, 0.1) is 41.6 Å². The number of rotatable bonds is 7. The summed E-state index contributed by atoms with van der Waals surface area (Å²) in [5.41, 5.74) is 2.18. The van der Waals surface area contributed by atoms with Gasteiger partial charge in [-0.15, -0.1) is 0 Å². The SMILES string of the molecule is COCC(NC(=O)c1ccc(-n2ncc(-c3ccc(C#N)cc3)c2O)nc1)C(C)C. The zero-order chi connectivity index (χ0) is 21.7. The van der Waals surface area contributed by atoms with E-state index in [0.717, 1.165) is 5.56 Å². The fourth-order valence-corrected chi connectivity index (χ4v) is 2.92. The van der Waals surface area contributed by atoms with Gasteiger partial charge in [0, 0.05) is 13.3 Å². The molecule has 0 aliphatic carbocycles. The van der Waals surface area contributed by atoms with E-state index in [9.17, 15) is 9.90 Å². The van der Waals surface area contributed by atoms with Crippen molar-refractivity contribution in [3.05, 3.63) is 59.9 Å². The molecule has 1 atom stereocenters. The van der Waals surface area contributed by atoms with Crippen molar-refractivity contribution < 1.29 is 14.6 Å². The van der Waals surface area contributed by atoms with Gasteiger partial charge in [-0.3, -0.25) is 4.79 Å². The molecular formula is C22H23N5O3. The molecule has 1 amide bonds. The summed E-state index contributed by atoms with van der Waals surface area (Å²) in [7, 11) is 1.60. The number of ether oxygens (including phenoxy) is 1. The van der Waals surface area contributed by atoms with Gasteiger partial charge in [-0.2, -0.15) is 15.0 Å². The van der Waals surface area contributed by atoms with E-state index in [1.165, 1.54) is 17.1 Å². The molecule has 0 spiro atoms. The molecule has 0 saturated heterocycles. The largest absolute Gasteiger partial charge is 0.493 e. The first-order valence-electron chi connectivity index (χ1n) is 9.48. The Morgan fingerprint density at radius 3 is 2.53 bits per heavy atom. The van der Waals surface area contributed by atoms with E-state index in [1.54, 1.807) is 43.5 Å². The minimum absolute atomic E-state index is 0.0793. The van der Waals surface area contributed by atoms with Crippen LogP contribution in [-0.2, 0) is 4.74 Å². The molecule has 0 aliphatic heterocycles. The molecule has 2 N–H and O–H groups in total. The summed E-state index contributed by atoms with van der Waals surface area (Å²) in [4.78, 5) is 16.8. The second kappa shape index (κ2) is 9.20. The van der Waals surface area contributed by atoms with Crippen molar-refractivity contribution in [2.45, 2.75) is 19.9 Å². The molecule has 3 aromatic rings. The number of methoxy groups -OCH3 is 1. The Bertz CT molecular complexity index is 1050. The van der Waals surface area contributed by atoms with Crippen LogP contribution in [0.15, 0.2) is 48.8 Å². The van der Waals surface area contributed by atoms with Crippen molar-refractivity contribution in [1.82, 2.24) is 20.1 Å². The van der Waals surface area contributed by atoms with Crippen LogP contribution < -0.4 is 5.32 Å². The number of pyridine rings is 1. The third kappa shape index (κ3) is 4.47. The van der Waals surface area contributed by atoms with Gasteiger partial charge in [-0.05, 0) is 35.7 Å². The fourth-order valence-electron chi connectivity index (χ4n) is 2.92. The molecule has 3 rings (SSSR count). The molecule has 30 heavy (non-hydrogen) atoms. The monoisotopic (exact) mass is 405 g/mol. The zero-order valence-corrected chi connectivity index (χ0v) is 17.0. The number of benzene rings is 1. The maximum Gasteiger partial charge on any atom is 0.253 e. The number of nitrogens with one attached hydrogen (secondary N) is 1. The highest BCUT2D eigenvalue weighted by Crippen LogP contribution is 2.30. The van der Waals surface area contributed by atoms with Crippen molar-refractivity contribution in [2.75, 3.05) is 13.7 Å². The number of amides is 1. The number of carbonyl (C=O) groups is 1. The van der Waals surface area contributed by atoms with Crippen molar-refractivity contribution >= 4 is 5.91 Å². The van der Waals surface area contributed by atoms with Crippen LogP contribution >= 0.6 is 0 Å². The molecule has 154 valence electrons. The van der Waals surface area contributed by atoms with Gasteiger partial charge in [-0.1, -0.05) is 26.0 Å². The first-order chi connectivity index (χ1) is 14.4. The van der Waals surface area contributed by atoms with Gasteiger partial charge in [0.15, 0.2) is 5.82 Å². The van der Waals surface area contributed by atoms with Crippen molar-refractivity contribution in [2.24, 2.45) is 5.92 Å². The number of hydrogen-bond acceptors (Lipinski definition) is 6. The highest BCUT2D eigenvalue weighted by molar-refractivity contribution is 5.94. The van der Waals surface area contributed by atoms with Gasteiger partial charge in [-0.25, -0.2) is 4.98 Å². The summed E-state index contributed by atoms with van der Waals surface area (Å²) < 4.78 is 6.45. The molecular weight excluding hydrogens is 382 g/mol. The molecule has 8 heteroatoms. The van der Waals surface area contributed by atoms with Crippen molar-refractivity contribution in [3.8, 4) is 28.9 Å². The number of carbonyl (C=O) groups excluding carboxylic acids is 1. The summed E-state index contributed by atoms with van der Waals surface area (Å²) in [5, 5.41) is 26.6. The summed E-state index contributed by atoms with van der Waals surface area (Å²) in [5.74, 6) is 0.279. The first kappa shape index (κ1) is 21.0. The second-order valence-electron chi connectivity index (χ2n) is 7.17. The topological polar surface area (TPSA) is 113 Å². The van der Waals surface area contributed by atoms with Gasteiger partial charge >= 0.3 is 0 Å². The molecule has 1 unspecified atom stereocenters. The smallest absolute Gasteiger partial charge is 0.253 e. The Kier molecular flexibility index (Phi) is 6.45. The van der Waals surface area contributed by atoms with E-state index in [0.29, 0.717) is 29.1 Å². The third-order valence-electron chi connectivity index (χ3n) is 4.76. The first-order valence-corrected chi connectivity index (χ1v) is 9.48.